The Bertz CT molecular complexity index is 735. The first-order valence-electron chi connectivity index (χ1n) is 12.6. The van der Waals surface area contributed by atoms with Gasteiger partial charge in [0.1, 0.15) is 0 Å². The maximum atomic E-state index is 13.1. The van der Waals surface area contributed by atoms with Gasteiger partial charge in [-0.15, -0.1) is 0 Å². The molecule has 0 unspecified atom stereocenters. The zero-order valence-corrected chi connectivity index (χ0v) is 20.4. The van der Waals surface area contributed by atoms with Gasteiger partial charge < -0.3 is 15.5 Å². The van der Waals surface area contributed by atoms with Gasteiger partial charge in [0.25, 0.3) is 0 Å². The molecule has 6 nitrogen and oxygen atoms in total. The number of rotatable bonds is 8. The SMILES string of the molecule is CC[C@@H](C)CNC(=O)[C@@H](C1CCCC1)N1CCN(C(=O)Nc2ccc(C(C)C)cc2)CC1. The van der Waals surface area contributed by atoms with Crippen LogP contribution >= 0.6 is 0 Å². The standard InChI is InChI=1S/C26H42N4O2/c1-5-20(4)18-27-25(31)24(22-8-6-7-9-22)29-14-16-30(17-15-29)26(32)28-23-12-10-21(11-13-23)19(2)3/h10-13,19-20,22,24H,5-9,14-18H2,1-4H3,(H,27,31)(H,28,32)/t20-,24-/m1/s1. The summed E-state index contributed by atoms with van der Waals surface area (Å²) in [7, 11) is 0. The topological polar surface area (TPSA) is 64.7 Å². The lowest BCUT2D eigenvalue weighted by Gasteiger charge is -2.40. The summed E-state index contributed by atoms with van der Waals surface area (Å²) in [6, 6.07) is 7.98. The average Bonchev–Trinajstić information content (AvgIpc) is 3.32. The highest BCUT2D eigenvalue weighted by molar-refractivity contribution is 5.89. The molecule has 32 heavy (non-hydrogen) atoms. The average molecular weight is 443 g/mol. The van der Waals surface area contributed by atoms with Crippen molar-refractivity contribution in [3.05, 3.63) is 29.8 Å². The van der Waals surface area contributed by atoms with Crippen LogP contribution in [0.4, 0.5) is 10.5 Å². The van der Waals surface area contributed by atoms with Crippen molar-refractivity contribution in [1.82, 2.24) is 15.1 Å². The van der Waals surface area contributed by atoms with Crippen LogP contribution in [0.3, 0.4) is 0 Å². The zero-order chi connectivity index (χ0) is 23.1. The highest BCUT2D eigenvalue weighted by Crippen LogP contribution is 2.31. The summed E-state index contributed by atoms with van der Waals surface area (Å²) in [5, 5.41) is 6.24. The van der Waals surface area contributed by atoms with Gasteiger partial charge in [-0.3, -0.25) is 9.69 Å². The second-order valence-corrected chi connectivity index (χ2v) is 9.98. The van der Waals surface area contributed by atoms with E-state index in [0.717, 1.165) is 44.6 Å². The third-order valence-corrected chi connectivity index (χ3v) is 7.26. The molecule has 2 fully saturated rings. The number of piperazine rings is 1. The van der Waals surface area contributed by atoms with Gasteiger partial charge in [-0.2, -0.15) is 0 Å². The fourth-order valence-corrected chi connectivity index (χ4v) is 4.83. The molecule has 0 bridgehead atoms. The van der Waals surface area contributed by atoms with Crippen LogP contribution in [-0.2, 0) is 4.79 Å². The third-order valence-electron chi connectivity index (χ3n) is 7.26. The number of nitrogens with one attached hydrogen (secondary N) is 2. The first-order valence-corrected chi connectivity index (χ1v) is 12.6. The molecule has 2 atom stereocenters. The minimum Gasteiger partial charge on any atom is -0.354 e. The molecule has 6 heteroatoms. The van der Waals surface area contributed by atoms with E-state index in [4.69, 9.17) is 0 Å². The minimum absolute atomic E-state index is 0.0550. The molecule has 1 aromatic carbocycles. The fraction of sp³-hybridized carbons (Fsp3) is 0.692. The molecule has 0 spiro atoms. The Labute approximate surface area is 194 Å². The lowest BCUT2D eigenvalue weighted by molar-refractivity contribution is -0.129. The number of hydrogen-bond acceptors (Lipinski definition) is 3. The molecule has 0 radical (unpaired) electrons. The van der Waals surface area contributed by atoms with Crippen LogP contribution in [0.15, 0.2) is 24.3 Å². The van der Waals surface area contributed by atoms with E-state index in [1.165, 1.54) is 18.4 Å². The molecule has 3 amide bonds. The number of carbonyl (C=O) groups is 2. The van der Waals surface area contributed by atoms with Gasteiger partial charge >= 0.3 is 6.03 Å². The second kappa shape index (κ2) is 11.7. The number of hydrogen-bond donors (Lipinski definition) is 2. The number of anilines is 1. The lowest BCUT2D eigenvalue weighted by atomic mass is 9.94. The van der Waals surface area contributed by atoms with Crippen molar-refractivity contribution < 1.29 is 9.59 Å². The predicted molar refractivity (Wildman–Crippen MR) is 131 cm³/mol. The Morgan fingerprint density at radius 3 is 2.19 bits per heavy atom. The largest absolute Gasteiger partial charge is 0.354 e. The quantitative estimate of drug-likeness (QED) is 0.614. The maximum absolute atomic E-state index is 13.1. The summed E-state index contributed by atoms with van der Waals surface area (Å²) in [6.07, 6.45) is 5.78. The molecule has 2 aliphatic rings. The Hall–Kier alpha value is -2.08. The van der Waals surface area contributed by atoms with E-state index in [-0.39, 0.29) is 18.0 Å². The summed E-state index contributed by atoms with van der Waals surface area (Å²) in [5.74, 6) is 1.59. The van der Waals surface area contributed by atoms with Gasteiger partial charge in [-0.1, -0.05) is 59.1 Å². The van der Waals surface area contributed by atoms with Crippen LogP contribution in [0, 0.1) is 11.8 Å². The third kappa shape index (κ3) is 6.47. The van der Waals surface area contributed by atoms with Crippen LogP contribution in [-0.4, -0.2) is 60.5 Å². The lowest BCUT2D eigenvalue weighted by Crippen LogP contribution is -2.58. The monoisotopic (exact) mass is 442 g/mol. The van der Waals surface area contributed by atoms with Crippen LogP contribution in [0.2, 0.25) is 0 Å². The maximum Gasteiger partial charge on any atom is 0.321 e. The van der Waals surface area contributed by atoms with Crippen molar-refractivity contribution in [2.24, 2.45) is 11.8 Å². The van der Waals surface area contributed by atoms with Gasteiger partial charge in [-0.25, -0.2) is 4.79 Å². The molecule has 3 rings (SSSR count). The molecular weight excluding hydrogens is 400 g/mol. The number of carbonyl (C=O) groups excluding carboxylic acids is 2. The molecule has 1 saturated heterocycles. The Balaban J connectivity index is 1.55. The van der Waals surface area contributed by atoms with Crippen molar-refractivity contribution in [2.45, 2.75) is 71.8 Å². The van der Waals surface area contributed by atoms with E-state index in [2.05, 4.69) is 55.4 Å². The molecule has 1 saturated carbocycles. The molecule has 1 aliphatic heterocycles. The summed E-state index contributed by atoms with van der Waals surface area (Å²) in [6.45, 7) is 12.2. The first kappa shape index (κ1) is 24.6. The van der Waals surface area contributed by atoms with E-state index in [1.807, 2.05) is 17.0 Å². The number of benzene rings is 1. The summed E-state index contributed by atoms with van der Waals surface area (Å²) in [4.78, 5) is 30.1. The van der Waals surface area contributed by atoms with Crippen molar-refractivity contribution in [3.8, 4) is 0 Å². The van der Waals surface area contributed by atoms with Crippen molar-refractivity contribution in [1.29, 1.82) is 0 Å². The minimum atomic E-state index is -0.0599. The first-order chi connectivity index (χ1) is 15.4. The molecular formula is C26H42N4O2. The highest BCUT2D eigenvalue weighted by Gasteiger charge is 2.37. The molecule has 1 aromatic rings. The molecule has 1 heterocycles. The van der Waals surface area contributed by atoms with Crippen LogP contribution in [0.25, 0.3) is 0 Å². The van der Waals surface area contributed by atoms with Crippen molar-refractivity contribution in [3.63, 3.8) is 0 Å². The number of amides is 3. The summed E-state index contributed by atoms with van der Waals surface area (Å²) >= 11 is 0. The van der Waals surface area contributed by atoms with Gasteiger partial charge in [0.15, 0.2) is 0 Å². The fourth-order valence-electron chi connectivity index (χ4n) is 4.83. The van der Waals surface area contributed by atoms with E-state index in [1.54, 1.807) is 0 Å². The Morgan fingerprint density at radius 1 is 1.00 bits per heavy atom. The van der Waals surface area contributed by atoms with Gasteiger partial charge in [0.2, 0.25) is 5.91 Å². The van der Waals surface area contributed by atoms with Crippen molar-refractivity contribution in [2.75, 3.05) is 38.0 Å². The number of urea groups is 1. The van der Waals surface area contributed by atoms with E-state index >= 15 is 0 Å². The Kier molecular flexibility index (Phi) is 8.97. The normalized spacial score (nSPS) is 19.7. The van der Waals surface area contributed by atoms with Gasteiger partial charge in [0.05, 0.1) is 6.04 Å². The van der Waals surface area contributed by atoms with E-state index in [9.17, 15) is 9.59 Å². The molecule has 2 N–H and O–H groups in total. The number of nitrogens with zero attached hydrogens (tertiary/aromatic N) is 2. The summed E-state index contributed by atoms with van der Waals surface area (Å²) < 4.78 is 0. The van der Waals surface area contributed by atoms with Crippen molar-refractivity contribution >= 4 is 17.6 Å². The van der Waals surface area contributed by atoms with Crippen LogP contribution in [0.1, 0.15) is 71.3 Å². The smallest absolute Gasteiger partial charge is 0.321 e. The predicted octanol–water partition coefficient (Wildman–Crippen LogP) is 4.68. The highest BCUT2D eigenvalue weighted by atomic mass is 16.2. The van der Waals surface area contributed by atoms with Crippen LogP contribution < -0.4 is 10.6 Å². The van der Waals surface area contributed by atoms with Gasteiger partial charge in [-0.05, 0) is 48.3 Å². The molecule has 178 valence electrons. The molecule has 1 aliphatic carbocycles. The second-order valence-electron chi connectivity index (χ2n) is 9.98. The zero-order valence-electron chi connectivity index (χ0n) is 20.4. The Morgan fingerprint density at radius 2 is 1.62 bits per heavy atom. The van der Waals surface area contributed by atoms with E-state index in [0.29, 0.717) is 30.8 Å². The van der Waals surface area contributed by atoms with Gasteiger partial charge in [0, 0.05) is 38.4 Å². The van der Waals surface area contributed by atoms with E-state index < -0.39 is 0 Å². The van der Waals surface area contributed by atoms with Crippen LogP contribution in [0.5, 0.6) is 0 Å². The summed E-state index contributed by atoms with van der Waals surface area (Å²) in [5.41, 5.74) is 2.09. The molecule has 0 aromatic heterocycles.